The number of hydrazone groups is 1. The standard InChI is InChI=1S/C21H18ClN3O4/c1-28-21-11-15(13-23-24-18-6-3-7-19(12-18)25(26)27)8-9-20(21)29-14-16-4-2-5-17(22)10-16/h2-13,24H,14H2,1H3. The fraction of sp³-hybridized carbons (Fsp3) is 0.0952. The summed E-state index contributed by atoms with van der Waals surface area (Å²) in [7, 11) is 1.56. The quantitative estimate of drug-likeness (QED) is 0.309. The van der Waals surface area contributed by atoms with Gasteiger partial charge in [0.25, 0.3) is 5.69 Å². The van der Waals surface area contributed by atoms with Crippen LogP contribution >= 0.6 is 11.6 Å². The second kappa shape index (κ2) is 9.57. The summed E-state index contributed by atoms with van der Waals surface area (Å²) in [6, 6.07) is 19.0. The summed E-state index contributed by atoms with van der Waals surface area (Å²) in [5.41, 5.74) is 5.01. The number of anilines is 1. The van der Waals surface area contributed by atoms with Crippen LogP contribution in [-0.2, 0) is 6.61 Å². The van der Waals surface area contributed by atoms with Gasteiger partial charge < -0.3 is 9.47 Å². The molecule has 0 aliphatic carbocycles. The third-order valence-corrected chi connectivity index (χ3v) is 4.17. The Morgan fingerprint density at radius 3 is 2.69 bits per heavy atom. The highest BCUT2D eigenvalue weighted by molar-refractivity contribution is 6.30. The molecule has 0 amide bonds. The van der Waals surface area contributed by atoms with E-state index in [0.717, 1.165) is 11.1 Å². The molecule has 0 radical (unpaired) electrons. The van der Waals surface area contributed by atoms with Crippen LogP contribution in [0.4, 0.5) is 11.4 Å². The van der Waals surface area contributed by atoms with E-state index in [4.69, 9.17) is 21.1 Å². The first-order chi connectivity index (χ1) is 14.0. The van der Waals surface area contributed by atoms with Crippen molar-refractivity contribution in [2.24, 2.45) is 5.10 Å². The molecule has 0 saturated heterocycles. The van der Waals surface area contributed by atoms with Crippen molar-refractivity contribution < 1.29 is 14.4 Å². The lowest BCUT2D eigenvalue weighted by Crippen LogP contribution is -1.99. The van der Waals surface area contributed by atoms with E-state index in [9.17, 15) is 10.1 Å². The van der Waals surface area contributed by atoms with Gasteiger partial charge in [0, 0.05) is 17.2 Å². The summed E-state index contributed by atoms with van der Waals surface area (Å²) in [5, 5.41) is 15.6. The number of methoxy groups -OCH3 is 1. The summed E-state index contributed by atoms with van der Waals surface area (Å²) in [5.74, 6) is 1.16. The average Bonchev–Trinajstić information content (AvgIpc) is 2.73. The molecule has 29 heavy (non-hydrogen) atoms. The summed E-state index contributed by atoms with van der Waals surface area (Å²) in [6.45, 7) is 0.360. The molecule has 0 fully saturated rings. The zero-order chi connectivity index (χ0) is 20.6. The van der Waals surface area contributed by atoms with E-state index in [-0.39, 0.29) is 5.69 Å². The molecule has 3 aromatic rings. The Balaban J connectivity index is 1.65. The molecule has 0 saturated carbocycles. The number of rotatable bonds is 8. The Morgan fingerprint density at radius 2 is 1.93 bits per heavy atom. The lowest BCUT2D eigenvalue weighted by molar-refractivity contribution is -0.384. The van der Waals surface area contributed by atoms with E-state index in [1.807, 2.05) is 24.3 Å². The first kappa shape index (κ1) is 20.2. The Kier molecular flexibility index (Phi) is 6.65. The molecule has 1 N–H and O–H groups in total. The minimum Gasteiger partial charge on any atom is -0.493 e. The van der Waals surface area contributed by atoms with Gasteiger partial charge in [-0.05, 0) is 47.5 Å². The van der Waals surface area contributed by atoms with Crippen LogP contribution in [0.15, 0.2) is 71.8 Å². The van der Waals surface area contributed by atoms with Gasteiger partial charge in [-0.25, -0.2) is 0 Å². The topological polar surface area (TPSA) is 86.0 Å². The van der Waals surface area contributed by atoms with Crippen molar-refractivity contribution in [1.29, 1.82) is 0 Å². The van der Waals surface area contributed by atoms with Crippen molar-refractivity contribution in [3.05, 3.63) is 93.0 Å². The van der Waals surface area contributed by atoms with Gasteiger partial charge in [0.2, 0.25) is 0 Å². The highest BCUT2D eigenvalue weighted by Gasteiger charge is 2.07. The zero-order valence-electron chi connectivity index (χ0n) is 15.5. The van der Waals surface area contributed by atoms with Gasteiger partial charge in [-0.15, -0.1) is 0 Å². The fourth-order valence-electron chi connectivity index (χ4n) is 2.54. The highest BCUT2D eigenvalue weighted by Crippen LogP contribution is 2.28. The van der Waals surface area contributed by atoms with Crippen LogP contribution in [0.25, 0.3) is 0 Å². The predicted molar refractivity (Wildman–Crippen MR) is 113 cm³/mol. The van der Waals surface area contributed by atoms with Crippen molar-refractivity contribution in [3.63, 3.8) is 0 Å². The third kappa shape index (κ3) is 5.70. The zero-order valence-corrected chi connectivity index (χ0v) is 16.3. The van der Waals surface area contributed by atoms with Gasteiger partial charge in [0.1, 0.15) is 6.61 Å². The Labute approximate surface area is 172 Å². The number of nitrogens with zero attached hydrogens (tertiary/aromatic N) is 2. The number of halogens is 1. The molecule has 8 heteroatoms. The van der Waals surface area contributed by atoms with Crippen molar-refractivity contribution in [2.45, 2.75) is 6.61 Å². The number of nitro benzene ring substituents is 1. The molecule has 0 aliphatic rings. The van der Waals surface area contributed by atoms with Gasteiger partial charge in [-0.2, -0.15) is 5.10 Å². The van der Waals surface area contributed by atoms with Crippen LogP contribution in [0, 0.1) is 10.1 Å². The largest absolute Gasteiger partial charge is 0.493 e. The number of benzene rings is 3. The number of nitrogens with one attached hydrogen (secondary N) is 1. The molecule has 0 aliphatic heterocycles. The normalized spacial score (nSPS) is 10.7. The summed E-state index contributed by atoms with van der Waals surface area (Å²) < 4.78 is 11.2. The van der Waals surface area contributed by atoms with Gasteiger partial charge in [0.15, 0.2) is 11.5 Å². The maximum absolute atomic E-state index is 10.8. The summed E-state index contributed by atoms with van der Waals surface area (Å²) in [4.78, 5) is 10.4. The van der Waals surface area contributed by atoms with E-state index in [1.165, 1.54) is 12.1 Å². The number of hydrogen-bond acceptors (Lipinski definition) is 6. The van der Waals surface area contributed by atoms with Gasteiger partial charge >= 0.3 is 0 Å². The summed E-state index contributed by atoms with van der Waals surface area (Å²) >= 11 is 5.99. The second-order valence-electron chi connectivity index (χ2n) is 6.01. The van der Waals surface area contributed by atoms with E-state index < -0.39 is 4.92 Å². The van der Waals surface area contributed by atoms with E-state index in [2.05, 4.69) is 10.5 Å². The first-order valence-electron chi connectivity index (χ1n) is 8.64. The Hall–Kier alpha value is -3.58. The van der Waals surface area contributed by atoms with Crippen LogP contribution in [0.3, 0.4) is 0 Å². The molecule has 0 atom stereocenters. The molecule has 0 unspecified atom stereocenters. The molecule has 0 aromatic heterocycles. The lowest BCUT2D eigenvalue weighted by atomic mass is 10.2. The maximum atomic E-state index is 10.8. The molecule has 0 heterocycles. The van der Waals surface area contributed by atoms with Crippen molar-refractivity contribution in [2.75, 3.05) is 12.5 Å². The molecular weight excluding hydrogens is 394 g/mol. The second-order valence-corrected chi connectivity index (χ2v) is 6.44. The van der Waals surface area contributed by atoms with Gasteiger partial charge in [0.05, 0.1) is 23.9 Å². The van der Waals surface area contributed by atoms with Crippen molar-refractivity contribution in [1.82, 2.24) is 0 Å². The molecule has 3 rings (SSSR count). The number of hydrogen-bond donors (Lipinski definition) is 1. The van der Waals surface area contributed by atoms with E-state index >= 15 is 0 Å². The number of ether oxygens (including phenoxy) is 2. The number of non-ortho nitro benzene ring substituents is 1. The SMILES string of the molecule is COc1cc(C=NNc2cccc([N+](=O)[O-])c2)ccc1OCc1cccc(Cl)c1. The van der Waals surface area contributed by atoms with Crippen LogP contribution in [0.1, 0.15) is 11.1 Å². The van der Waals surface area contributed by atoms with Gasteiger partial charge in [-0.3, -0.25) is 15.5 Å². The van der Waals surface area contributed by atoms with E-state index in [0.29, 0.717) is 28.8 Å². The van der Waals surface area contributed by atoms with Crippen LogP contribution in [0.2, 0.25) is 5.02 Å². The highest BCUT2D eigenvalue weighted by atomic mass is 35.5. The molecule has 148 valence electrons. The average molecular weight is 412 g/mol. The molecule has 0 bridgehead atoms. The minimum absolute atomic E-state index is 0.00641. The van der Waals surface area contributed by atoms with Crippen molar-refractivity contribution >= 4 is 29.2 Å². The van der Waals surface area contributed by atoms with E-state index in [1.54, 1.807) is 43.7 Å². The van der Waals surface area contributed by atoms with Crippen LogP contribution < -0.4 is 14.9 Å². The first-order valence-corrected chi connectivity index (χ1v) is 9.02. The molecular formula is C21H18ClN3O4. The van der Waals surface area contributed by atoms with Crippen LogP contribution in [-0.4, -0.2) is 18.2 Å². The monoisotopic (exact) mass is 411 g/mol. The van der Waals surface area contributed by atoms with Gasteiger partial charge in [-0.1, -0.05) is 29.8 Å². The van der Waals surface area contributed by atoms with Crippen molar-refractivity contribution in [3.8, 4) is 11.5 Å². The Bertz CT molecular complexity index is 1040. The molecule has 0 spiro atoms. The predicted octanol–water partition coefficient (Wildman–Crippen LogP) is 5.28. The minimum atomic E-state index is -0.456. The number of nitro groups is 1. The third-order valence-electron chi connectivity index (χ3n) is 3.94. The lowest BCUT2D eigenvalue weighted by Gasteiger charge is -2.11. The Morgan fingerprint density at radius 1 is 1.10 bits per heavy atom. The smallest absolute Gasteiger partial charge is 0.271 e. The van der Waals surface area contributed by atoms with Crippen LogP contribution in [0.5, 0.6) is 11.5 Å². The maximum Gasteiger partial charge on any atom is 0.271 e. The molecule has 7 nitrogen and oxygen atoms in total. The fourth-order valence-corrected chi connectivity index (χ4v) is 2.75. The summed E-state index contributed by atoms with van der Waals surface area (Å²) in [6.07, 6.45) is 1.59. The molecule has 3 aromatic carbocycles.